The van der Waals surface area contributed by atoms with Crippen LogP contribution in [-0.4, -0.2) is 43.2 Å². The number of nitrogens with one attached hydrogen (secondary N) is 1. The molecule has 1 fully saturated rings. The van der Waals surface area contributed by atoms with Crippen molar-refractivity contribution in [2.24, 2.45) is 0 Å². The number of benzene rings is 1. The van der Waals surface area contributed by atoms with Gasteiger partial charge in [0.1, 0.15) is 6.04 Å². The quantitative estimate of drug-likeness (QED) is 0.461. The van der Waals surface area contributed by atoms with Crippen molar-refractivity contribution in [3.63, 3.8) is 0 Å². The molecule has 4 heterocycles. The number of aryl methyl sites for hydroxylation is 1. The van der Waals surface area contributed by atoms with Crippen LogP contribution in [0.5, 0.6) is 0 Å². The number of amides is 1. The van der Waals surface area contributed by atoms with Crippen molar-refractivity contribution >= 4 is 32.7 Å². The zero-order chi connectivity index (χ0) is 22.9. The van der Waals surface area contributed by atoms with Gasteiger partial charge < -0.3 is 14.7 Å². The summed E-state index contributed by atoms with van der Waals surface area (Å²) in [5.41, 5.74) is 1.07. The summed E-state index contributed by atoms with van der Waals surface area (Å²) < 4.78 is 6.73. The third kappa shape index (κ3) is 3.99. The lowest BCUT2D eigenvalue weighted by atomic mass is 10.2. The molecule has 1 saturated heterocycles. The zero-order valence-corrected chi connectivity index (χ0v) is 19.1. The molecule has 33 heavy (non-hydrogen) atoms. The first-order valence-electron chi connectivity index (χ1n) is 10.9. The number of carbonyl (C=O) groups is 1. The van der Waals surface area contributed by atoms with E-state index in [2.05, 4.69) is 25.4 Å². The van der Waals surface area contributed by atoms with E-state index < -0.39 is 0 Å². The number of hydrogen-bond acceptors (Lipinski definition) is 9. The smallest absolute Gasteiger partial charge is 0.294 e. The number of hydrogen-bond donors (Lipinski definition) is 1. The van der Waals surface area contributed by atoms with E-state index in [0.29, 0.717) is 41.2 Å². The minimum atomic E-state index is -0.333. The molecule has 1 amide bonds. The highest BCUT2D eigenvalue weighted by Crippen LogP contribution is 2.32. The van der Waals surface area contributed by atoms with E-state index in [9.17, 15) is 9.59 Å². The molecule has 1 aliphatic heterocycles. The van der Waals surface area contributed by atoms with Gasteiger partial charge in [-0.15, -0.1) is 0 Å². The maximum Gasteiger partial charge on any atom is 0.294 e. The molecule has 0 saturated carbocycles. The van der Waals surface area contributed by atoms with Gasteiger partial charge in [-0.1, -0.05) is 46.8 Å². The van der Waals surface area contributed by atoms with Gasteiger partial charge in [-0.3, -0.25) is 14.2 Å². The van der Waals surface area contributed by atoms with Gasteiger partial charge in [0.05, 0.1) is 0 Å². The lowest BCUT2D eigenvalue weighted by Gasteiger charge is -2.23. The van der Waals surface area contributed by atoms with E-state index >= 15 is 0 Å². The summed E-state index contributed by atoms with van der Waals surface area (Å²) in [4.78, 5) is 42.0. The molecule has 1 aliphatic rings. The van der Waals surface area contributed by atoms with Crippen molar-refractivity contribution in [3.8, 4) is 11.7 Å². The standard InChI is InChI=1S/C22H23N7O3S/c1-3-28-17(19-24-13(2)27-32-19)26-20-16(21(28)31)25-22(33-20)29-11-7-10-15(29)18(30)23-12-14-8-5-4-6-9-14/h4-6,8-9,15H,3,7,10-12H2,1-2H3,(H,23,30). The molecule has 3 aromatic heterocycles. The number of thiazole rings is 1. The number of anilines is 1. The Balaban J connectivity index is 1.45. The van der Waals surface area contributed by atoms with E-state index in [1.165, 1.54) is 15.9 Å². The summed E-state index contributed by atoms with van der Waals surface area (Å²) in [5.74, 6) is 0.942. The summed E-state index contributed by atoms with van der Waals surface area (Å²) in [7, 11) is 0. The molecule has 4 aromatic rings. The summed E-state index contributed by atoms with van der Waals surface area (Å²) in [6.45, 7) is 5.11. The van der Waals surface area contributed by atoms with E-state index in [-0.39, 0.29) is 28.9 Å². The van der Waals surface area contributed by atoms with Crippen LogP contribution in [-0.2, 0) is 17.9 Å². The number of nitrogens with zero attached hydrogens (tertiary/aromatic N) is 6. The van der Waals surface area contributed by atoms with Gasteiger partial charge in [-0.25, -0.2) is 9.97 Å². The van der Waals surface area contributed by atoms with Crippen LogP contribution in [0, 0.1) is 6.92 Å². The molecular formula is C22H23N7O3S. The van der Waals surface area contributed by atoms with Crippen molar-refractivity contribution in [2.75, 3.05) is 11.4 Å². The lowest BCUT2D eigenvalue weighted by molar-refractivity contribution is -0.122. The molecule has 0 bridgehead atoms. The first-order chi connectivity index (χ1) is 16.0. The van der Waals surface area contributed by atoms with Gasteiger partial charge in [-0.2, -0.15) is 4.98 Å². The molecule has 0 spiro atoms. The van der Waals surface area contributed by atoms with Crippen molar-refractivity contribution in [2.45, 2.75) is 45.8 Å². The highest BCUT2D eigenvalue weighted by molar-refractivity contribution is 7.21. The average molecular weight is 466 g/mol. The second kappa shape index (κ2) is 8.74. The normalized spacial score (nSPS) is 15.9. The van der Waals surface area contributed by atoms with Crippen molar-refractivity contribution in [3.05, 3.63) is 52.1 Å². The summed E-state index contributed by atoms with van der Waals surface area (Å²) >= 11 is 1.30. The molecule has 5 rings (SSSR count). The maximum atomic E-state index is 13.1. The Labute approximate surface area is 193 Å². The number of carbonyl (C=O) groups excluding carboxylic acids is 1. The monoisotopic (exact) mass is 465 g/mol. The van der Waals surface area contributed by atoms with Crippen molar-refractivity contribution < 1.29 is 9.32 Å². The second-order valence-corrected chi connectivity index (χ2v) is 8.79. The fraction of sp³-hybridized carbons (Fsp3) is 0.364. The topological polar surface area (TPSA) is 119 Å². The Morgan fingerprint density at radius 1 is 1.24 bits per heavy atom. The maximum absolute atomic E-state index is 13.1. The Morgan fingerprint density at radius 2 is 2.06 bits per heavy atom. The highest BCUT2D eigenvalue weighted by atomic mass is 32.1. The van der Waals surface area contributed by atoms with Gasteiger partial charge in [0.25, 0.3) is 11.4 Å². The molecule has 170 valence electrons. The summed E-state index contributed by atoms with van der Waals surface area (Å²) in [6, 6.07) is 9.47. The fourth-order valence-electron chi connectivity index (χ4n) is 4.04. The summed E-state index contributed by atoms with van der Waals surface area (Å²) in [5, 5.41) is 7.45. The van der Waals surface area contributed by atoms with Crippen LogP contribution in [0.4, 0.5) is 5.13 Å². The number of fused-ring (bicyclic) bond motifs is 1. The number of aromatic nitrogens is 5. The molecule has 1 unspecified atom stereocenters. The molecule has 0 aliphatic carbocycles. The van der Waals surface area contributed by atoms with Crippen LogP contribution in [0.15, 0.2) is 39.6 Å². The fourth-order valence-corrected chi connectivity index (χ4v) is 5.04. The van der Waals surface area contributed by atoms with Gasteiger partial charge in [0.15, 0.2) is 21.3 Å². The predicted octanol–water partition coefficient (Wildman–Crippen LogP) is 2.52. The third-order valence-corrected chi connectivity index (χ3v) is 6.64. The lowest BCUT2D eigenvalue weighted by Crippen LogP contribution is -2.43. The minimum absolute atomic E-state index is 0.0449. The third-order valence-electron chi connectivity index (χ3n) is 5.65. The molecule has 1 aromatic carbocycles. The first kappa shape index (κ1) is 21.3. The van der Waals surface area contributed by atoms with Crippen LogP contribution in [0.3, 0.4) is 0 Å². The van der Waals surface area contributed by atoms with Crippen LogP contribution < -0.4 is 15.8 Å². The van der Waals surface area contributed by atoms with Gasteiger partial charge >= 0.3 is 0 Å². The Morgan fingerprint density at radius 3 is 2.79 bits per heavy atom. The van der Waals surface area contributed by atoms with E-state index in [4.69, 9.17) is 4.52 Å². The Hall–Kier alpha value is -3.60. The molecule has 0 radical (unpaired) electrons. The minimum Gasteiger partial charge on any atom is -0.350 e. The molecule has 1 N–H and O–H groups in total. The Bertz CT molecular complexity index is 1360. The van der Waals surface area contributed by atoms with Crippen molar-refractivity contribution in [1.29, 1.82) is 0 Å². The van der Waals surface area contributed by atoms with Crippen LogP contribution in [0.2, 0.25) is 0 Å². The first-order valence-corrected chi connectivity index (χ1v) is 11.7. The van der Waals surface area contributed by atoms with Gasteiger partial charge in [-0.05, 0) is 32.3 Å². The van der Waals surface area contributed by atoms with Crippen LogP contribution in [0.25, 0.3) is 22.1 Å². The molecule has 1 atom stereocenters. The highest BCUT2D eigenvalue weighted by Gasteiger charge is 2.33. The zero-order valence-electron chi connectivity index (χ0n) is 18.3. The second-order valence-electron chi connectivity index (χ2n) is 7.84. The van der Waals surface area contributed by atoms with Gasteiger partial charge in [0.2, 0.25) is 11.7 Å². The molecule has 11 heteroatoms. The van der Waals surface area contributed by atoms with Crippen LogP contribution in [0.1, 0.15) is 31.2 Å². The SMILES string of the molecule is CCn1c(-c2nc(C)no2)nc2sc(N3CCCC3C(=O)NCc3ccccc3)nc2c1=O. The summed E-state index contributed by atoms with van der Waals surface area (Å²) in [6.07, 6.45) is 1.61. The molecule has 10 nitrogen and oxygen atoms in total. The van der Waals surface area contributed by atoms with Crippen LogP contribution >= 0.6 is 11.3 Å². The van der Waals surface area contributed by atoms with Gasteiger partial charge in [0, 0.05) is 19.6 Å². The van der Waals surface area contributed by atoms with E-state index in [1.807, 2.05) is 42.2 Å². The predicted molar refractivity (Wildman–Crippen MR) is 124 cm³/mol. The average Bonchev–Trinajstić information content (AvgIpc) is 3.57. The largest absolute Gasteiger partial charge is 0.350 e. The van der Waals surface area contributed by atoms with E-state index in [1.54, 1.807) is 6.92 Å². The van der Waals surface area contributed by atoms with Crippen molar-refractivity contribution in [1.82, 2.24) is 30.0 Å². The number of rotatable bonds is 6. The van der Waals surface area contributed by atoms with E-state index in [0.717, 1.165) is 18.4 Å². The Kier molecular flexibility index (Phi) is 5.63. The molecular weight excluding hydrogens is 442 g/mol.